The van der Waals surface area contributed by atoms with Crippen molar-refractivity contribution < 1.29 is 27.2 Å². The third-order valence-electron chi connectivity index (χ3n) is 3.15. The Morgan fingerprint density at radius 3 is 2.68 bits per heavy atom. The van der Waals surface area contributed by atoms with E-state index in [1.54, 1.807) is 0 Å². The normalized spacial score (nSPS) is 18.7. The van der Waals surface area contributed by atoms with Gasteiger partial charge in [0.05, 0.1) is 5.56 Å². The molecule has 1 unspecified atom stereocenters. The average Bonchev–Trinajstić information content (AvgIpc) is 2.69. The fourth-order valence-corrected chi connectivity index (χ4v) is 2.31. The van der Waals surface area contributed by atoms with Crippen LogP contribution >= 0.6 is 11.6 Å². The number of amides is 2. The molecule has 0 radical (unpaired) electrons. The molecule has 4 nitrogen and oxygen atoms in total. The molecule has 9 heteroatoms. The van der Waals surface area contributed by atoms with Gasteiger partial charge in [-0.05, 0) is 24.6 Å². The Morgan fingerprint density at radius 1 is 1.41 bits per heavy atom. The number of nitrogens with one attached hydrogen (secondary N) is 1. The molecule has 1 N–H and O–H groups in total. The number of halogens is 5. The van der Waals surface area contributed by atoms with Crippen LogP contribution in [0.25, 0.3) is 0 Å². The Morgan fingerprint density at radius 2 is 2.09 bits per heavy atom. The summed E-state index contributed by atoms with van der Waals surface area (Å²) in [5.41, 5.74) is -0.327. The summed E-state index contributed by atoms with van der Waals surface area (Å²) in [7, 11) is 0. The van der Waals surface area contributed by atoms with Crippen LogP contribution in [0.15, 0.2) is 18.2 Å². The largest absolute Gasteiger partial charge is 0.406 e. The molecule has 0 saturated carbocycles. The topological polar surface area (TPSA) is 49.4 Å². The number of hydrogen-bond acceptors (Lipinski definition) is 2. The molecule has 1 heterocycles. The fourth-order valence-electron chi connectivity index (χ4n) is 2.16. The van der Waals surface area contributed by atoms with E-state index in [2.05, 4.69) is 5.32 Å². The van der Waals surface area contributed by atoms with Gasteiger partial charge in [0.1, 0.15) is 18.4 Å². The van der Waals surface area contributed by atoms with E-state index in [0.29, 0.717) is 4.90 Å². The van der Waals surface area contributed by atoms with Crippen molar-refractivity contribution in [3.05, 3.63) is 34.6 Å². The molecule has 1 aliphatic rings. The van der Waals surface area contributed by atoms with Gasteiger partial charge in [-0.3, -0.25) is 9.59 Å². The maximum atomic E-state index is 13.6. The number of likely N-dealkylation sites (tertiary alicyclic amines) is 1. The number of hydrogen-bond donors (Lipinski definition) is 1. The maximum Gasteiger partial charge on any atom is 0.406 e. The zero-order chi connectivity index (χ0) is 16.5. The molecule has 1 aromatic rings. The summed E-state index contributed by atoms with van der Waals surface area (Å²) in [6, 6.07) is 2.28. The minimum atomic E-state index is -4.50. The Kier molecular flexibility index (Phi) is 4.60. The van der Waals surface area contributed by atoms with Crippen LogP contribution in [-0.4, -0.2) is 42.0 Å². The molecule has 0 aromatic heterocycles. The van der Waals surface area contributed by atoms with Gasteiger partial charge >= 0.3 is 6.18 Å². The highest BCUT2D eigenvalue weighted by Crippen LogP contribution is 2.21. The lowest BCUT2D eigenvalue weighted by atomic mass is 10.1. The molecular weight excluding hydrogens is 328 g/mol. The number of benzene rings is 1. The second-order valence-corrected chi connectivity index (χ2v) is 5.25. The molecule has 1 atom stereocenters. The van der Waals surface area contributed by atoms with E-state index in [9.17, 15) is 27.2 Å². The molecule has 22 heavy (non-hydrogen) atoms. The molecule has 1 fully saturated rings. The second kappa shape index (κ2) is 6.12. The molecule has 0 spiro atoms. The zero-order valence-corrected chi connectivity index (χ0v) is 11.8. The number of nitrogens with zero attached hydrogens (tertiary/aromatic N) is 1. The number of carbonyl (C=O) groups excluding carboxylic acids is 2. The fraction of sp³-hybridized carbons (Fsp3) is 0.385. The van der Waals surface area contributed by atoms with Gasteiger partial charge in [-0.15, -0.1) is 0 Å². The Bertz CT molecular complexity index is 606. The van der Waals surface area contributed by atoms with Crippen LogP contribution in [0, 0.1) is 5.82 Å². The molecule has 0 aliphatic carbocycles. The standard InChI is InChI=1S/C13H11ClF4N2O2/c14-7-1-2-8(9(15)5-7)11(21)19-10-3-4-20(12(10)22)6-13(16,17)18/h1-2,5,10H,3-4,6H2,(H,19,21). The van der Waals surface area contributed by atoms with Gasteiger partial charge < -0.3 is 10.2 Å². The van der Waals surface area contributed by atoms with Crippen LogP contribution in [0.2, 0.25) is 5.02 Å². The van der Waals surface area contributed by atoms with Crippen LogP contribution < -0.4 is 5.32 Å². The van der Waals surface area contributed by atoms with Gasteiger partial charge in [-0.25, -0.2) is 4.39 Å². The number of carbonyl (C=O) groups is 2. The van der Waals surface area contributed by atoms with Crippen LogP contribution in [-0.2, 0) is 4.79 Å². The zero-order valence-electron chi connectivity index (χ0n) is 11.1. The minimum absolute atomic E-state index is 0.0376. The lowest BCUT2D eigenvalue weighted by Gasteiger charge is -2.18. The van der Waals surface area contributed by atoms with Crippen molar-refractivity contribution in [2.75, 3.05) is 13.1 Å². The van der Waals surface area contributed by atoms with Crippen LogP contribution in [0.1, 0.15) is 16.8 Å². The van der Waals surface area contributed by atoms with E-state index >= 15 is 0 Å². The minimum Gasteiger partial charge on any atom is -0.340 e. The number of alkyl halides is 3. The molecule has 0 bridgehead atoms. The van der Waals surface area contributed by atoms with E-state index < -0.39 is 36.4 Å². The van der Waals surface area contributed by atoms with Crippen LogP contribution in [0.5, 0.6) is 0 Å². The molecule has 120 valence electrons. The summed E-state index contributed by atoms with van der Waals surface area (Å²) in [4.78, 5) is 24.3. The molecule has 2 amide bonds. The molecule has 2 rings (SSSR count). The highest BCUT2D eigenvalue weighted by Gasteiger charge is 2.39. The third kappa shape index (κ3) is 3.88. The van der Waals surface area contributed by atoms with Gasteiger partial charge in [0.25, 0.3) is 5.91 Å². The molecular formula is C13H11ClF4N2O2. The molecule has 1 saturated heterocycles. The van der Waals surface area contributed by atoms with E-state index in [4.69, 9.17) is 11.6 Å². The summed E-state index contributed by atoms with van der Waals surface area (Å²) in [6.07, 6.45) is -4.47. The predicted molar refractivity (Wildman–Crippen MR) is 69.9 cm³/mol. The van der Waals surface area contributed by atoms with Crippen molar-refractivity contribution >= 4 is 23.4 Å². The summed E-state index contributed by atoms with van der Waals surface area (Å²) < 4.78 is 50.4. The van der Waals surface area contributed by atoms with E-state index in [1.807, 2.05) is 0 Å². The predicted octanol–water partition coefficient (Wildman–Crippen LogP) is 2.37. The van der Waals surface area contributed by atoms with Gasteiger partial charge in [0.2, 0.25) is 5.91 Å². The first-order chi connectivity index (χ1) is 10.2. The Balaban J connectivity index is 2.02. The van der Waals surface area contributed by atoms with Crippen molar-refractivity contribution in [1.29, 1.82) is 0 Å². The number of rotatable bonds is 3. The monoisotopic (exact) mass is 338 g/mol. The smallest absolute Gasteiger partial charge is 0.340 e. The first-order valence-corrected chi connectivity index (χ1v) is 6.66. The molecule has 1 aliphatic heterocycles. The lowest BCUT2D eigenvalue weighted by Crippen LogP contribution is -2.44. The highest BCUT2D eigenvalue weighted by molar-refractivity contribution is 6.30. The van der Waals surface area contributed by atoms with E-state index in [-0.39, 0.29) is 23.6 Å². The van der Waals surface area contributed by atoms with E-state index in [1.165, 1.54) is 6.07 Å². The van der Waals surface area contributed by atoms with Crippen molar-refractivity contribution in [3.63, 3.8) is 0 Å². The third-order valence-corrected chi connectivity index (χ3v) is 3.38. The Hall–Kier alpha value is -1.83. The molecule has 1 aromatic carbocycles. The quantitative estimate of drug-likeness (QED) is 0.860. The van der Waals surface area contributed by atoms with Crippen LogP contribution in [0.3, 0.4) is 0 Å². The van der Waals surface area contributed by atoms with Gasteiger partial charge in [0, 0.05) is 11.6 Å². The van der Waals surface area contributed by atoms with Gasteiger partial charge in [-0.2, -0.15) is 13.2 Å². The van der Waals surface area contributed by atoms with Crippen molar-refractivity contribution in [2.45, 2.75) is 18.6 Å². The van der Waals surface area contributed by atoms with Crippen molar-refractivity contribution in [1.82, 2.24) is 10.2 Å². The summed E-state index contributed by atoms with van der Waals surface area (Å²) in [6.45, 7) is -1.49. The van der Waals surface area contributed by atoms with Crippen LogP contribution in [0.4, 0.5) is 17.6 Å². The Labute approximate surface area is 128 Å². The van der Waals surface area contributed by atoms with Crippen molar-refractivity contribution in [2.24, 2.45) is 0 Å². The lowest BCUT2D eigenvalue weighted by molar-refractivity contribution is -0.157. The highest BCUT2D eigenvalue weighted by atomic mass is 35.5. The maximum absolute atomic E-state index is 13.6. The summed E-state index contributed by atoms with van der Waals surface area (Å²) >= 11 is 5.56. The average molecular weight is 339 g/mol. The van der Waals surface area contributed by atoms with E-state index in [0.717, 1.165) is 12.1 Å². The second-order valence-electron chi connectivity index (χ2n) is 4.81. The van der Waals surface area contributed by atoms with Gasteiger partial charge in [-0.1, -0.05) is 11.6 Å². The SMILES string of the molecule is O=C(NC1CCN(CC(F)(F)F)C1=O)c1ccc(Cl)cc1F. The first-order valence-electron chi connectivity index (χ1n) is 6.29. The van der Waals surface area contributed by atoms with Gasteiger partial charge in [0.15, 0.2) is 0 Å². The first kappa shape index (κ1) is 16.5. The summed E-state index contributed by atoms with van der Waals surface area (Å²) in [5.74, 6) is -2.58. The summed E-state index contributed by atoms with van der Waals surface area (Å²) in [5, 5.41) is 2.34. The van der Waals surface area contributed by atoms with Crippen molar-refractivity contribution in [3.8, 4) is 0 Å².